The Bertz CT molecular complexity index is 1100. The zero-order valence-corrected chi connectivity index (χ0v) is 15.2. The summed E-state index contributed by atoms with van der Waals surface area (Å²) in [5, 5.41) is 1.96. The molecule has 4 rings (SSSR count). The standard InChI is InChI=1S/C15H10ClN3O2S3/c16-13-4-5-14(23-13)24(20,21)18-11-3-1-2-10(8-11)12-9-19-6-7-22-15(19)17-12/h1-9,18H. The van der Waals surface area contributed by atoms with Gasteiger partial charge in [-0.25, -0.2) is 13.4 Å². The summed E-state index contributed by atoms with van der Waals surface area (Å²) in [6.07, 6.45) is 3.85. The van der Waals surface area contributed by atoms with E-state index in [1.807, 2.05) is 28.2 Å². The number of thiophene rings is 1. The van der Waals surface area contributed by atoms with E-state index in [0.717, 1.165) is 27.6 Å². The number of hydrogen-bond acceptors (Lipinski definition) is 5. The quantitative estimate of drug-likeness (QED) is 0.550. The molecule has 1 aromatic carbocycles. The van der Waals surface area contributed by atoms with Crippen molar-refractivity contribution < 1.29 is 8.42 Å². The molecule has 122 valence electrons. The van der Waals surface area contributed by atoms with E-state index in [2.05, 4.69) is 9.71 Å². The highest BCUT2D eigenvalue weighted by atomic mass is 35.5. The van der Waals surface area contributed by atoms with E-state index in [0.29, 0.717) is 10.0 Å². The van der Waals surface area contributed by atoms with E-state index in [1.54, 1.807) is 35.6 Å². The number of halogens is 1. The average Bonchev–Trinajstić information content (AvgIpc) is 3.22. The van der Waals surface area contributed by atoms with Crippen molar-refractivity contribution in [1.29, 1.82) is 0 Å². The molecule has 0 spiro atoms. The molecule has 0 atom stereocenters. The first kappa shape index (κ1) is 15.6. The van der Waals surface area contributed by atoms with E-state index < -0.39 is 10.0 Å². The molecule has 0 unspecified atom stereocenters. The van der Waals surface area contributed by atoms with Gasteiger partial charge in [0.1, 0.15) is 4.21 Å². The molecule has 3 heterocycles. The third-order valence-electron chi connectivity index (χ3n) is 3.32. The second-order valence-electron chi connectivity index (χ2n) is 4.96. The van der Waals surface area contributed by atoms with Crippen LogP contribution >= 0.6 is 34.3 Å². The normalized spacial score (nSPS) is 11.9. The number of rotatable bonds is 4. The van der Waals surface area contributed by atoms with Gasteiger partial charge in [0.05, 0.1) is 10.0 Å². The topological polar surface area (TPSA) is 63.5 Å². The van der Waals surface area contributed by atoms with Gasteiger partial charge in [-0.05, 0) is 24.3 Å². The van der Waals surface area contributed by atoms with Gasteiger partial charge in [-0.2, -0.15) is 0 Å². The maximum atomic E-state index is 12.4. The molecule has 3 aromatic heterocycles. The first-order valence-corrected chi connectivity index (χ1v) is 10.4. The van der Waals surface area contributed by atoms with Gasteiger partial charge in [0.25, 0.3) is 10.0 Å². The SMILES string of the molecule is O=S(=O)(Nc1cccc(-c2cn3ccsc3n2)c1)c1ccc(Cl)s1. The predicted molar refractivity (Wildman–Crippen MR) is 98.6 cm³/mol. The van der Waals surface area contributed by atoms with Crippen molar-refractivity contribution in [3.63, 3.8) is 0 Å². The number of nitrogens with one attached hydrogen (secondary N) is 1. The van der Waals surface area contributed by atoms with Crippen LogP contribution in [0.5, 0.6) is 0 Å². The van der Waals surface area contributed by atoms with Crippen molar-refractivity contribution in [2.45, 2.75) is 4.21 Å². The van der Waals surface area contributed by atoms with Crippen LogP contribution < -0.4 is 4.72 Å². The van der Waals surface area contributed by atoms with E-state index in [9.17, 15) is 8.42 Å². The lowest BCUT2D eigenvalue weighted by atomic mass is 10.1. The Morgan fingerprint density at radius 1 is 1.21 bits per heavy atom. The van der Waals surface area contributed by atoms with Crippen LogP contribution in [0.15, 0.2) is 58.4 Å². The monoisotopic (exact) mass is 395 g/mol. The number of hydrogen-bond donors (Lipinski definition) is 1. The van der Waals surface area contributed by atoms with Crippen molar-refractivity contribution in [2.75, 3.05) is 4.72 Å². The Morgan fingerprint density at radius 2 is 2.08 bits per heavy atom. The lowest BCUT2D eigenvalue weighted by Crippen LogP contribution is -2.11. The van der Waals surface area contributed by atoms with Gasteiger partial charge in [-0.1, -0.05) is 23.7 Å². The van der Waals surface area contributed by atoms with E-state index in [4.69, 9.17) is 11.6 Å². The Balaban J connectivity index is 1.66. The van der Waals surface area contributed by atoms with Crippen molar-refractivity contribution in [2.24, 2.45) is 0 Å². The largest absolute Gasteiger partial charge is 0.297 e. The van der Waals surface area contributed by atoms with Gasteiger partial charge in [0.15, 0.2) is 4.96 Å². The number of sulfonamides is 1. The minimum absolute atomic E-state index is 0.181. The summed E-state index contributed by atoms with van der Waals surface area (Å²) in [5.41, 5.74) is 2.12. The maximum absolute atomic E-state index is 12.4. The van der Waals surface area contributed by atoms with Crippen molar-refractivity contribution in [1.82, 2.24) is 9.38 Å². The Morgan fingerprint density at radius 3 is 2.83 bits per heavy atom. The molecule has 0 bridgehead atoms. The molecule has 0 fully saturated rings. The number of nitrogens with zero attached hydrogens (tertiary/aromatic N) is 2. The fourth-order valence-electron chi connectivity index (χ4n) is 2.26. The summed E-state index contributed by atoms with van der Waals surface area (Å²) < 4.78 is 29.9. The summed E-state index contributed by atoms with van der Waals surface area (Å²) in [4.78, 5) is 5.42. The zero-order valence-electron chi connectivity index (χ0n) is 12.0. The molecule has 0 aliphatic rings. The Kier molecular flexibility index (Phi) is 3.84. The summed E-state index contributed by atoms with van der Waals surface area (Å²) in [7, 11) is -3.64. The Hall–Kier alpha value is -1.87. The van der Waals surface area contributed by atoms with Crippen LogP contribution in [0, 0.1) is 0 Å². The average molecular weight is 396 g/mol. The van der Waals surface area contributed by atoms with Gasteiger partial charge in [0.2, 0.25) is 0 Å². The van der Waals surface area contributed by atoms with Crippen LogP contribution in [0.4, 0.5) is 5.69 Å². The van der Waals surface area contributed by atoms with Gasteiger partial charge in [-0.3, -0.25) is 9.12 Å². The van der Waals surface area contributed by atoms with Crippen LogP contribution in [0.3, 0.4) is 0 Å². The number of imidazole rings is 1. The van der Waals surface area contributed by atoms with Crippen LogP contribution in [0.1, 0.15) is 0 Å². The van der Waals surface area contributed by atoms with Crippen molar-refractivity contribution in [3.8, 4) is 11.3 Å². The first-order valence-electron chi connectivity index (χ1n) is 6.82. The number of thiazole rings is 1. The molecule has 5 nitrogen and oxygen atoms in total. The van der Waals surface area contributed by atoms with Crippen LogP contribution in [0.25, 0.3) is 16.2 Å². The molecular formula is C15H10ClN3O2S3. The number of benzene rings is 1. The molecule has 1 N–H and O–H groups in total. The van der Waals surface area contributed by atoms with Crippen LogP contribution in [-0.4, -0.2) is 17.8 Å². The van der Waals surface area contributed by atoms with Crippen LogP contribution in [0.2, 0.25) is 4.34 Å². The second-order valence-corrected chi connectivity index (χ2v) is 9.46. The van der Waals surface area contributed by atoms with Gasteiger partial charge < -0.3 is 0 Å². The molecule has 0 aliphatic heterocycles. The van der Waals surface area contributed by atoms with Gasteiger partial charge >= 0.3 is 0 Å². The molecular weight excluding hydrogens is 386 g/mol. The van der Waals surface area contributed by atoms with Gasteiger partial charge in [0, 0.05) is 29.0 Å². The fourth-order valence-corrected chi connectivity index (χ4v) is 5.49. The first-order chi connectivity index (χ1) is 11.5. The molecule has 24 heavy (non-hydrogen) atoms. The predicted octanol–water partition coefficient (Wildman–Crippen LogP) is 4.58. The highest BCUT2D eigenvalue weighted by Crippen LogP contribution is 2.29. The van der Waals surface area contributed by atoms with E-state index >= 15 is 0 Å². The zero-order chi connectivity index (χ0) is 16.7. The second kappa shape index (κ2) is 5.89. The molecule has 9 heteroatoms. The number of fused-ring (bicyclic) bond motifs is 1. The molecule has 0 amide bonds. The highest BCUT2D eigenvalue weighted by molar-refractivity contribution is 7.94. The van der Waals surface area contributed by atoms with Crippen molar-refractivity contribution in [3.05, 3.63) is 58.5 Å². The smallest absolute Gasteiger partial charge is 0.271 e. The summed E-state index contributed by atoms with van der Waals surface area (Å²) >= 11 is 8.38. The lowest BCUT2D eigenvalue weighted by molar-refractivity contribution is 0.603. The highest BCUT2D eigenvalue weighted by Gasteiger charge is 2.17. The third kappa shape index (κ3) is 2.93. The minimum Gasteiger partial charge on any atom is -0.297 e. The lowest BCUT2D eigenvalue weighted by Gasteiger charge is -2.07. The van der Waals surface area contributed by atoms with Crippen LogP contribution in [-0.2, 0) is 10.0 Å². The molecule has 0 saturated heterocycles. The molecule has 0 radical (unpaired) electrons. The summed E-state index contributed by atoms with van der Waals surface area (Å²) in [6, 6.07) is 10.2. The summed E-state index contributed by atoms with van der Waals surface area (Å²) in [5.74, 6) is 0. The molecule has 0 saturated carbocycles. The van der Waals surface area contributed by atoms with Crippen molar-refractivity contribution >= 4 is 54.9 Å². The maximum Gasteiger partial charge on any atom is 0.271 e. The fraction of sp³-hybridized carbons (Fsp3) is 0. The van der Waals surface area contributed by atoms with Gasteiger partial charge in [-0.15, -0.1) is 22.7 Å². The van der Waals surface area contributed by atoms with E-state index in [-0.39, 0.29) is 4.21 Å². The minimum atomic E-state index is -3.64. The molecule has 0 aliphatic carbocycles. The summed E-state index contributed by atoms with van der Waals surface area (Å²) in [6.45, 7) is 0. The number of anilines is 1. The number of aromatic nitrogens is 2. The third-order valence-corrected chi connectivity index (χ3v) is 7.19. The Labute approximate surface area is 151 Å². The van der Waals surface area contributed by atoms with E-state index in [1.165, 1.54) is 6.07 Å². The molecule has 4 aromatic rings.